The van der Waals surface area contributed by atoms with Crippen LogP contribution in [0.3, 0.4) is 0 Å². The van der Waals surface area contributed by atoms with Crippen LogP contribution in [0.1, 0.15) is 24.1 Å². The smallest absolute Gasteiger partial charge is 0.251 e. The average Bonchev–Trinajstić information content (AvgIpc) is 3.16. The summed E-state index contributed by atoms with van der Waals surface area (Å²) in [5.41, 5.74) is 4.53. The number of benzene rings is 2. The molecule has 2 aromatic carbocycles. The molecule has 0 spiro atoms. The maximum Gasteiger partial charge on any atom is 0.251 e. The molecule has 1 atom stereocenters. The summed E-state index contributed by atoms with van der Waals surface area (Å²) < 4.78 is 0. The zero-order valence-corrected chi connectivity index (χ0v) is 13.0. The Kier molecular flexibility index (Phi) is 3.27. The Morgan fingerprint density at radius 3 is 2.83 bits per heavy atom. The minimum absolute atomic E-state index is 0.0345. The summed E-state index contributed by atoms with van der Waals surface area (Å²) in [4.78, 5) is 17.9. The van der Waals surface area contributed by atoms with Gasteiger partial charge < -0.3 is 9.88 Å². The van der Waals surface area contributed by atoms with Crippen LogP contribution in [0.5, 0.6) is 0 Å². The van der Waals surface area contributed by atoms with E-state index in [1.807, 2.05) is 48.4 Å². The van der Waals surface area contributed by atoms with Gasteiger partial charge >= 0.3 is 0 Å². The Labute approximate surface area is 135 Å². The molecule has 1 aliphatic heterocycles. The Balaban J connectivity index is 1.86. The second-order valence-corrected chi connectivity index (χ2v) is 5.85. The van der Waals surface area contributed by atoms with Crippen LogP contribution in [0.15, 0.2) is 66.9 Å². The van der Waals surface area contributed by atoms with Crippen molar-refractivity contribution in [2.24, 2.45) is 0 Å². The first-order valence-electron chi connectivity index (χ1n) is 7.89. The van der Waals surface area contributed by atoms with Gasteiger partial charge in [0.05, 0.1) is 6.04 Å². The highest BCUT2D eigenvalue weighted by atomic mass is 16.2. The lowest BCUT2D eigenvalue weighted by Crippen LogP contribution is -2.30. The molecule has 0 bridgehead atoms. The minimum atomic E-state index is 0.0345. The van der Waals surface area contributed by atoms with Gasteiger partial charge in [-0.05, 0) is 37.1 Å². The minimum Gasteiger partial charge on any atom is -0.361 e. The van der Waals surface area contributed by atoms with Gasteiger partial charge in [0.2, 0.25) is 0 Å². The summed E-state index contributed by atoms with van der Waals surface area (Å²) in [6, 6.07) is 16.5. The van der Waals surface area contributed by atoms with Gasteiger partial charge in [0.1, 0.15) is 0 Å². The highest BCUT2D eigenvalue weighted by Crippen LogP contribution is 2.42. The van der Waals surface area contributed by atoms with E-state index in [0.29, 0.717) is 0 Å². The molecule has 1 unspecified atom stereocenters. The molecule has 0 saturated carbocycles. The van der Waals surface area contributed by atoms with Crippen molar-refractivity contribution in [1.29, 1.82) is 0 Å². The summed E-state index contributed by atoms with van der Waals surface area (Å²) in [6.45, 7) is 1.88. The predicted octanol–water partition coefficient (Wildman–Crippen LogP) is 4.37. The van der Waals surface area contributed by atoms with Crippen molar-refractivity contribution in [2.45, 2.75) is 19.4 Å². The number of fused-ring (bicyclic) bond motifs is 2. The van der Waals surface area contributed by atoms with Crippen LogP contribution in [0.2, 0.25) is 0 Å². The molecule has 3 heteroatoms. The van der Waals surface area contributed by atoms with E-state index in [9.17, 15) is 4.79 Å². The van der Waals surface area contributed by atoms with E-state index in [4.69, 9.17) is 0 Å². The van der Waals surface area contributed by atoms with Crippen LogP contribution >= 0.6 is 0 Å². The number of hydrogen-bond donors (Lipinski definition) is 1. The Bertz CT molecular complexity index is 907. The second-order valence-electron chi connectivity index (χ2n) is 5.85. The number of aromatic nitrogens is 1. The van der Waals surface area contributed by atoms with E-state index >= 15 is 0 Å². The van der Waals surface area contributed by atoms with Crippen molar-refractivity contribution >= 4 is 22.5 Å². The van der Waals surface area contributed by atoms with Crippen LogP contribution in [0.25, 0.3) is 10.9 Å². The molecular weight excluding hydrogens is 284 g/mol. The Hall–Kier alpha value is -2.81. The third-order valence-corrected chi connectivity index (χ3v) is 4.50. The lowest BCUT2D eigenvalue weighted by atomic mass is 10.0. The molecule has 1 aliphatic rings. The Morgan fingerprint density at radius 1 is 1.17 bits per heavy atom. The van der Waals surface area contributed by atoms with Crippen LogP contribution < -0.4 is 4.90 Å². The number of carbonyl (C=O) groups is 1. The molecule has 2 heterocycles. The van der Waals surface area contributed by atoms with Crippen molar-refractivity contribution in [3.63, 3.8) is 0 Å². The standard InChI is InChI=1S/C20H18N2O/c1-2-7-20(23)22-18-11-6-3-8-14(18)12-19(22)16-13-21-17-10-5-4-9-15(16)17/h2-11,13,19,21H,12H2,1H3/b7-2-. The third-order valence-electron chi connectivity index (χ3n) is 4.50. The summed E-state index contributed by atoms with van der Waals surface area (Å²) >= 11 is 0. The fraction of sp³-hybridized carbons (Fsp3) is 0.150. The van der Waals surface area contributed by atoms with Crippen LogP contribution in [0, 0.1) is 0 Å². The van der Waals surface area contributed by atoms with Crippen molar-refractivity contribution in [2.75, 3.05) is 4.90 Å². The number of carbonyl (C=O) groups excluding carboxylic acids is 1. The van der Waals surface area contributed by atoms with Gasteiger partial charge in [0.15, 0.2) is 0 Å². The first-order valence-corrected chi connectivity index (χ1v) is 7.89. The number of nitrogens with zero attached hydrogens (tertiary/aromatic N) is 1. The van der Waals surface area contributed by atoms with Gasteiger partial charge in [-0.25, -0.2) is 0 Å². The third kappa shape index (κ3) is 2.16. The molecule has 0 radical (unpaired) electrons. The zero-order valence-electron chi connectivity index (χ0n) is 13.0. The van der Waals surface area contributed by atoms with E-state index in [1.54, 1.807) is 12.2 Å². The second kappa shape index (κ2) is 5.43. The quantitative estimate of drug-likeness (QED) is 0.701. The van der Waals surface area contributed by atoms with E-state index in [2.05, 4.69) is 23.2 Å². The van der Waals surface area contributed by atoms with Gasteiger partial charge in [-0.1, -0.05) is 42.5 Å². The number of anilines is 1. The van der Waals surface area contributed by atoms with Crippen LogP contribution in [-0.4, -0.2) is 10.9 Å². The topological polar surface area (TPSA) is 36.1 Å². The molecule has 0 fully saturated rings. The van der Waals surface area contributed by atoms with Gasteiger partial charge in [0, 0.05) is 28.4 Å². The average molecular weight is 302 g/mol. The lowest BCUT2D eigenvalue weighted by molar-refractivity contribution is -0.114. The molecule has 3 aromatic rings. The van der Waals surface area contributed by atoms with Gasteiger partial charge in [0.25, 0.3) is 5.91 Å². The Morgan fingerprint density at radius 2 is 1.96 bits per heavy atom. The van der Waals surface area contributed by atoms with E-state index in [1.165, 1.54) is 16.5 Å². The molecular formula is C20H18N2O. The molecule has 1 aromatic heterocycles. The van der Waals surface area contributed by atoms with Crippen molar-refractivity contribution in [3.05, 3.63) is 78.0 Å². The van der Waals surface area contributed by atoms with E-state index in [-0.39, 0.29) is 11.9 Å². The fourth-order valence-corrected chi connectivity index (χ4v) is 3.50. The number of nitrogens with one attached hydrogen (secondary N) is 1. The predicted molar refractivity (Wildman–Crippen MR) is 93.5 cm³/mol. The summed E-state index contributed by atoms with van der Waals surface area (Å²) in [5.74, 6) is 0.0349. The zero-order chi connectivity index (χ0) is 15.8. The SMILES string of the molecule is C/C=C\C(=O)N1c2ccccc2CC1c1c[nH]c2ccccc12. The molecule has 1 amide bonds. The highest BCUT2D eigenvalue weighted by molar-refractivity contribution is 6.04. The number of hydrogen-bond acceptors (Lipinski definition) is 1. The number of aromatic amines is 1. The molecule has 114 valence electrons. The molecule has 4 rings (SSSR count). The molecule has 1 N–H and O–H groups in total. The number of amides is 1. The first kappa shape index (κ1) is 13.8. The van der Waals surface area contributed by atoms with Gasteiger partial charge in [-0.3, -0.25) is 4.79 Å². The molecule has 23 heavy (non-hydrogen) atoms. The van der Waals surface area contributed by atoms with Gasteiger partial charge in [-0.15, -0.1) is 0 Å². The molecule has 0 aliphatic carbocycles. The van der Waals surface area contributed by atoms with Crippen LogP contribution in [-0.2, 0) is 11.2 Å². The number of H-pyrrole nitrogens is 1. The summed E-state index contributed by atoms with van der Waals surface area (Å²) in [5, 5.41) is 1.18. The number of allylic oxidation sites excluding steroid dienone is 1. The normalized spacial score (nSPS) is 17.1. The monoisotopic (exact) mass is 302 g/mol. The van der Waals surface area contributed by atoms with Gasteiger partial charge in [-0.2, -0.15) is 0 Å². The van der Waals surface area contributed by atoms with Crippen molar-refractivity contribution in [3.8, 4) is 0 Å². The van der Waals surface area contributed by atoms with Crippen molar-refractivity contribution < 1.29 is 4.79 Å². The molecule has 3 nitrogen and oxygen atoms in total. The van der Waals surface area contributed by atoms with Crippen molar-refractivity contribution in [1.82, 2.24) is 4.98 Å². The number of para-hydroxylation sites is 2. The maximum atomic E-state index is 12.7. The van der Waals surface area contributed by atoms with Crippen LogP contribution in [0.4, 0.5) is 5.69 Å². The largest absolute Gasteiger partial charge is 0.361 e. The first-order chi connectivity index (χ1) is 11.3. The van der Waals surface area contributed by atoms with E-state index in [0.717, 1.165) is 17.6 Å². The maximum absolute atomic E-state index is 12.7. The molecule has 0 saturated heterocycles. The fourth-order valence-electron chi connectivity index (χ4n) is 3.50. The summed E-state index contributed by atoms with van der Waals surface area (Å²) in [6.07, 6.45) is 6.33. The van der Waals surface area contributed by atoms with E-state index < -0.39 is 0 Å². The number of rotatable bonds is 2. The summed E-state index contributed by atoms with van der Waals surface area (Å²) in [7, 11) is 0. The highest BCUT2D eigenvalue weighted by Gasteiger charge is 2.34. The lowest BCUT2D eigenvalue weighted by Gasteiger charge is -2.24.